The lowest BCUT2D eigenvalue weighted by Crippen LogP contribution is -2.55. The molecule has 0 aromatic heterocycles. The first kappa shape index (κ1) is 21.4. The Morgan fingerprint density at radius 2 is 1.77 bits per heavy atom. The Balaban J connectivity index is 1.39. The molecule has 4 heteroatoms. The predicted molar refractivity (Wildman–Crippen MR) is 124 cm³/mol. The highest BCUT2D eigenvalue weighted by atomic mass is 16.5. The maximum atomic E-state index is 13.1. The van der Waals surface area contributed by atoms with Crippen LogP contribution < -0.4 is 5.32 Å². The molecule has 4 rings (SSSR count). The van der Waals surface area contributed by atoms with E-state index in [1.54, 1.807) is 0 Å². The second kappa shape index (κ2) is 9.11. The molecule has 1 atom stereocenters. The van der Waals surface area contributed by atoms with E-state index in [9.17, 15) is 4.79 Å². The summed E-state index contributed by atoms with van der Waals surface area (Å²) in [6.45, 7) is 12.5. The second-order valence-corrected chi connectivity index (χ2v) is 8.54. The third-order valence-electron chi connectivity index (χ3n) is 6.72. The molecule has 2 aliphatic rings. The Hall–Kier alpha value is -2.85. The molecule has 4 nitrogen and oxygen atoms in total. The molecule has 2 heterocycles. The number of hydrogen-bond donors (Lipinski definition) is 1. The van der Waals surface area contributed by atoms with Crippen LogP contribution in [-0.2, 0) is 21.5 Å². The maximum absolute atomic E-state index is 13.1. The summed E-state index contributed by atoms with van der Waals surface area (Å²) in [6, 6.07) is 18.7. The molecule has 162 valence electrons. The molecule has 1 N–H and O–H groups in total. The van der Waals surface area contributed by atoms with Crippen LogP contribution >= 0.6 is 0 Å². The topological polar surface area (TPSA) is 41.6 Å². The van der Waals surface area contributed by atoms with Crippen molar-refractivity contribution in [1.29, 1.82) is 0 Å². The Labute approximate surface area is 185 Å². The van der Waals surface area contributed by atoms with Gasteiger partial charge in [0.2, 0.25) is 0 Å². The van der Waals surface area contributed by atoms with E-state index in [2.05, 4.69) is 49.7 Å². The van der Waals surface area contributed by atoms with Crippen molar-refractivity contribution in [2.24, 2.45) is 0 Å². The second-order valence-electron chi connectivity index (χ2n) is 8.54. The van der Waals surface area contributed by atoms with Crippen molar-refractivity contribution in [1.82, 2.24) is 10.2 Å². The fourth-order valence-electron chi connectivity index (χ4n) is 4.88. The Morgan fingerprint density at radius 1 is 1.10 bits per heavy atom. The van der Waals surface area contributed by atoms with E-state index in [4.69, 9.17) is 4.74 Å². The van der Waals surface area contributed by atoms with Crippen LogP contribution in [0.15, 0.2) is 79.1 Å². The van der Waals surface area contributed by atoms with E-state index >= 15 is 0 Å². The number of nitrogens with zero attached hydrogens (tertiary/aromatic N) is 1. The zero-order valence-electron chi connectivity index (χ0n) is 18.4. The van der Waals surface area contributed by atoms with Gasteiger partial charge in [0.15, 0.2) is 0 Å². The summed E-state index contributed by atoms with van der Waals surface area (Å²) in [5.74, 6) is 0.286. The number of carbonyl (C=O) groups excluding carboxylic acids is 1. The van der Waals surface area contributed by atoms with Gasteiger partial charge in [-0.2, -0.15) is 0 Å². The maximum Gasteiger partial charge on any atom is 0.256 e. The first-order chi connectivity index (χ1) is 15.0. The van der Waals surface area contributed by atoms with Gasteiger partial charge < -0.3 is 15.0 Å². The number of rotatable bonds is 6. The van der Waals surface area contributed by atoms with Crippen molar-refractivity contribution in [3.63, 3.8) is 0 Å². The Morgan fingerprint density at radius 3 is 2.48 bits per heavy atom. The number of fused-ring (bicyclic) bond motifs is 2. The zero-order valence-corrected chi connectivity index (χ0v) is 18.4. The van der Waals surface area contributed by atoms with E-state index < -0.39 is 0 Å². The molecule has 1 unspecified atom stereocenters. The van der Waals surface area contributed by atoms with Gasteiger partial charge in [-0.05, 0) is 42.4 Å². The first-order valence-electron chi connectivity index (χ1n) is 11.3. The number of piperidine rings is 1. The molecule has 1 fully saturated rings. The third-order valence-corrected chi connectivity index (χ3v) is 6.72. The lowest BCUT2D eigenvalue weighted by molar-refractivity contribution is -0.129. The molecular weight excluding hydrogens is 384 g/mol. The van der Waals surface area contributed by atoms with Gasteiger partial charge in [-0.15, -0.1) is 0 Å². The van der Waals surface area contributed by atoms with Gasteiger partial charge >= 0.3 is 0 Å². The standard InChI is InChI=1S/C27H32N2O2/c1-4-25(23-11-6-5-7-12-23)31-21(3)20(2)26(30)29-18-15-27(16-19-29)24-13-9-8-10-22(24)14-17-28-27/h5-13,25,28H,2-4,14-19H2,1H3. The summed E-state index contributed by atoms with van der Waals surface area (Å²) in [5.41, 5.74) is 4.23. The van der Waals surface area contributed by atoms with Crippen molar-refractivity contribution in [3.8, 4) is 0 Å². The van der Waals surface area contributed by atoms with Gasteiger partial charge in [0.05, 0.1) is 5.57 Å². The number of amides is 1. The van der Waals surface area contributed by atoms with Crippen LogP contribution in [0.1, 0.15) is 49.0 Å². The third kappa shape index (κ3) is 4.31. The van der Waals surface area contributed by atoms with Crippen LogP contribution in [0.2, 0.25) is 0 Å². The smallest absolute Gasteiger partial charge is 0.256 e. The van der Waals surface area contributed by atoms with Crippen molar-refractivity contribution in [2.45, 2.75) is 44.2 Å². The van der Waals surface area contributed by atoms with Crippen LogP contribution in [-0.4, -0.2) is 30.4 Å². The molecule has 0 radical (unpaired) electrons. The van der Waals surface area contributed by atoms with Crippen LogP contribution in [0.3, 0.4) is 0 Å². The minimum absolute atomic E-state index is 0.0267. The molecular formula is C27H32N2O2. The van der Waals surface area contributed by atoms with Crippen molar-refractivity contribution in [2.75, 3.05) is 19.6 Å². The number of carbonyl (C=O) groups is 1. The number of benzene rings is 2. The highest BCUT2D eigenvalue weighted by molar-refractivity contribution is 5.96. The number of hydrogen-bond acceptors (Lipinski definition) is 3. The quantitative estimate of drug-likeness (QED) is 0.414. The molecule has 2 aromatic carbocycles. The SMILES string of the molecule is C=C(OC(CC)c1ccccc1)C(=C)C(=O)N1CCC2(CC1)NCCc1ccccc12. The summed E-state index contributed by atoms with van der Waals surface area (Å²) in [6.07, 6.45) is 3.53. The summed E-state index contributed by atoms with van der Waals surface area (Å²) < 4.78 is 6.06. The summed E-state index contributed by atoms with van der Waals surface area (Å²) in [4.78, 5) is 15.0. The highest BCUT2D eigenvalue weighted by Gasteiger charge is 2.40. The summed E-state index contributed by atoms with van der Waals surface area (Å²) in [7, 11) is 0. The minimum atomic E-state index is -0.134. The van der Waals surface area contributed by atoms with Crippen LogP contribution in [0.25, 0.3) is 0 Å². The van der Waals surface area contributed by atoms with E-state index in [0.717, 1.165) is 37.8 Å². The normalized spacial score (nSPS) is 18.2. The molecule has 0 aliphatic carbocycles. The van der Waals surface area contributed by atoms with Crippen molar-refractivity contribution >= 4 is 5.91 Å². The van der Waals surface area contributed by atoms with E-state index in [-0.39, 0.29) is 17.6 Å². The van der Waals surface area contributed by atoms with Gasteiger partial charge in [-0.1, -0.05) is 74.7 Å². The van der Waals surface area contributed by atoms with Gasteiger partial charge in [0.25, 0.3) is 5.91 Å². The Bertz CT molecular complexity index is 958. The van der Waals surface area contributed by atoms with Gasteiger partial charge in [-0.25, -0.2) is 0 Å². The summed E-state index contributed by atoms with van der Waals surface area (Å²) in [5, 5.41) is 3.75. The molecule has 2 aliphatic heterocycles. The molecule has 1 saturated heterocycles. The zero-order chi connectivity index (χ0) is 21.8. The average molecular weight is 417 g/mol. The van der Waals surface area contributed by atoms with E-state index in [1.165, 1.54) is 11.1 Å². The summed E-state index contributed by atoms with van der Waals surface area (Å²) >= 11 is 0. The predicted octanol–water partition coefficient (Wildman–Crippen LogP) is 4.89. The molecule has 0 bridgehead atoms. The number of nitrogens with one attached hydrogen (secondary N) is 1. The Kier molecular flexibility index (Phi) is 6.28. The van der Waals surface area contributed by atoms with Gasteiger partial charge in [0, 0.05) is 25.2 Å². The van der Waals surface area contributed by atoms with Crippen molar-refractivity contribution < 1.29 is 9.53 Å². The highest BCUT2D eigenvalue weighted by Crippen LogP contribution is 2.38. The monoisotopic (exact) mass is 416 g/mol. The molecule has 0 saturated carbocycles. The van der Waals surface area contributed by atoms with Crippen LogP contribution in [0.4, 0.5) is 0 Å². The number of likely N-dealkylation sites (tertiary alicyclic amines) is 1. The largest absolute Gasteiger partial charge is 0.486 e. The molecule has 31 heavy (non-hydrogen) atoms. The van der Waals surface area contributed by atoms with Crippen LogP contribution in [0.5, 0.6) is 0 Å². The fourth-order valence-corrected chi connectivity index (χ4v) is 4.88. The lowest BCUT2D eigenvalue weighted by Gasteiger charge is -2.46. The molecule has 1 amide bonds. The molecule has 1 spiro atoms. The van der Waals surface area contributed by atoms with E-state index in [0.29, 0.717) is 24.4 Å². The first-order valence-corrected chi connectivity index (χ1v) is 11.3. The van der Waals surface area contributed by atoms with Gasteiger partial charge in [0.1, 0.15) is 11.9 Å². The van der Waals surface area contributed by atoms with Crippen molar-refractivity contribution in [3.05, 3.63) is 95.8 Å². The number of ether oxygens (including phenoxy) is 1. The average Bonchev–Trinajstić information content (AvgIpc) is 2.83. The van der Waals surface area contributed by atoms with E-state index in [1.807, 2.05) is 35.2 Å². The lowest BCUT2D eigenvalue weighted by atomic mass is 9.76. The fraction of sp³-hybridized carbons (Fsp3) is 0.370. The minimum Gasteiger partial charge on any atom is -0.486 e. The van der Waals surface area contributed by atoms with Gasteiger partial charge in [-0.3, -0.25) is 4.79 Å². The van der Waals surface area contributed by atoms with Crippen LogP contribution in [0, 0.1) is 0 Å². The molecule has 2 aromatic rings.